The second-order valence-corrected chi connectivity index (χ2v) is 9.67. The molecule has 1 unspecified atom stereocenters. The molecule has 4 N–H and O–H groups in total. The van der Waals surface area contributed by atoms with Crippen LogP contribution in [0, 0.1) is 19.7 Å². The zero-order valence-corrected chi connectivity index (χ0v) is 19.5. The molecule has 0 saturated carbocycles. The minimum absolute atomic E-state index is 0.273. The van der Waals surface area contributed by atoms with Crippen molar-refractivity contribution >= 4 is 41.0 Å². The highest BCUT2D eigenvalue weighted by Gasteiger charge is 2.17. The molecule has 0 spiro atoms. The van der Waals surface area contributed by atoms with Crippen molar-refractivity contribution in [1.29, 1.82) is 0 Å². The molecule has 4 rings (SSSR count). The molecule has 1 fully saturated rings. The largest absolute Gasteiger partial charge is 0.390 e. The van der Waals surface area contributed by atoms with Gasteiger partial charge in [0.05, 0.1) is 6.10 Å². The lowest BCUT2D eigenvalue weighted by molar-refractivity contribution is 0.120. The summed E-state index contributed by atoms with van der Waals surface area (Å²) in [6.07, 6.45) is 1.55. The summed E-state index contributed by atoms with van der Waals surface area (Å²) >= 11 is 1.97. The van der Waals surface area contributed by atoms with Crippen molar-refractivity contribution in [3.05, 3.63) is 63.7 Å². The maximum absolute atomic E-state index is 13.8. The van der Waals surface area contributed by atoms with Crippen LogP contribution in [0.1, 0.15) is 22.5 Å². The highest BCUT2D eigenvalue weighted by atomic mass is 32.2. The Balaban J connectivity index is 1.52. The average Bonchev–Trinajstić information content (AvgIpc) is 3.22. The number of H-pyrrole nitrogens is 2. The SMILES string of the molecule is C=C(NCC(O)CN1CCSCC1)c1c(C)[nH]c(/C=c2\c(=C)[nH]c3ccc(F)cc23)c1C. The van der Waals surface area contributed by atoms with Gasteiger partial charge in [0, 0.05) is 81.8 Å². The third-order valence-electron chi connectivity index (χ3n) is 6.07. The maximum atomic E-state index is 13.8. The molecule has 0 aliphatic carbocycles. The van der Waals surface area contributed by atoms with Crippen LogP contribution < -0.4 is 15.9 Å². The number of β-amino-alcohol motifs (C(OH)–C–C–N with tert-alkyl or cyclic N) is 1. The molecular formula is C25H31FN4OS. The van der Waals surface area contributed by atoms with Gasteiger partial charge in [-0.25, -0.2) is 4.39 Å². The number of aromatic amines is 2. The van der Waals surface area contributed by atoms with Crippen LogP contribution in [0.4, 0.5) is 4.39 Å². The van der Waals surface area contributed by atoms with Crippen LogP contribution in [0.25, 0.3) is 29.3 Å². The van der Waals surface area contributed by atoms with Crippen LogP contribution in [0.15, 0.2) is 24.8 Å². The summed E-state index contributed by atoms with van der Waals surface area (Å²) in [6.45, 7) is 15.5. The number of thioether (sulfide) groups is 1. The number of aliphatic hydroxyl groups excluding tert-OH is 1. The van der Waals surface area contributed by atoms with Gasteiger partial charge in [-0.05, 0) is 43.7 Å². The smallest absolute Gasteiger partial charge is 0.123 e. The molecule has 3 heterocycles. The predicted molar refractivity (Wildman–Crippen MR) is 134 cm³/mol. The number of benzene rings is 1. The van der Waals surface area contributed by atoms with Crippen molar-refractivity contribution in [3.8, 4) is 0 Å². The highest BCUT2D eigenvalue weighted by molar-refractivity contribution is 7.99. The molecule has 0 amide bonds. The molecule has 1 aliphatic heterocycles. The van der Waals surface area contributed by atoms with Gasteiger partial charge in [0.15, 0.2) is 0 Å². The van der Waals surface area contributed by atoms with Crippen LogP contribution in [-0.4, -0.2) is 63.8 Å². The number of aromatic nitrogens is 2. The fraction of sp³-hybridized carbons (Fsp3) is 0.360. The topological polar surface area (TPSA) is 67.1 Å². The molecule has 3 aromatic rings. The van der Waals surface area contributed by atoms with Crippen molar-refractivity contribution in [3.63, 3.8) is 0 Å². The molecule has 1 saturated heterocycles. The van der Waals surface area contributed by atoms with E-state index in [1.165, 1.54) is 12.1 Å². The molecule has 5 nitrogen and oxygen atoms in total. The molecule has 1 aliphatic rings. The molecule has 1 aromatic carbocycles. The Kier molecular flexibility index (Phi) is 6.79. The van der Waals surface area contributed by atoms with Gasteiger partial charge in [-0.3, -0.25) is 4.90 Å². The Morgan fingerprint density at radius 1 is 1.31 bits per heavy atom. The second kappa shape index (κ2) is 9.57. The van der Waals surface area contributed by atoms with Crippen LogP contribution in [-0.2, 0) is 0 Å². The average molecular weight is 455 g/mol. The summed E-state index contributed by atoms with van der Waals surface area (Å²) in [4.78, 5) is 8.96. The van der Waals surface area contributed by atoms with Gasteiger partial charge in [-0.2, -0.15) is 11.8 Å². The Morgan fingerprint density at radius 2 is 2.06 bits per heavy atom. The fourth-order valence-electron chi connectivity index (χ4n) is 4.40. The van der Waals surface area contributed by atoms with Crippen molar-refractivity contribution in [2.45, 2.75) is 20.0 Å². The van der Waals surface area contributed by atoms with Gasteiger partial charge >= 0.3 is 0 Å². The number of hydrogen-bond acceptors (Lipinski definition) is 4. The molecule has 7 heteroatoms. The molecule has 0 radical (unpaired) electrons. The quantitative estimate of drug-likeness (QED) is 0.443. The van der Waals surface area contributed by atoms with E-state index in [1.807, 2.05) is 31.7 Å². The van der Waals surface area contributed by atoms with E-state index in [9.17, 15) is 9.50 Å². The first-order chi connectivity index (χ1) is 15.3. The molecule has 0 bridgehead atoms. The lowest BCUT2D eigenvalue weighted by atomic mass is 10.1. The van der Waals surface area contributed by atoms with Crippen LogP contribution in [0.5, 0.6) is 0 Å². The first kappa shape index (κ1) is 22.7. The van der Waals surface area contributed by atoms with Crippen LogP contribution >= 0.6 is 11.8 Å². The summed E-state index contributed by atoms with van der Waals surface area (Å²) in [5.74, 6) is 1.99. The van der Waals surface area contributed by atoms with Crippen molar-refractivity contribution < 1.29 is 9.50 Å². The molecule has 170 valence electrons. The second-order valence-electron chi connectivity index (χ2n) is 8.44. The minimum Gasteiger partial charge on any atom is -0.390 e. The molecular weight excluding hydrogens is 423 g/mol. The number of nitrogens with zero attached hydrogens (tertiary/aromatic N) is 1. The highest BCUT2D eigenvalue weighted by Crippen LogP contribution is 2.24. The summed E-state index contributed by atoms with van der Waals surface area (Å²) in [5, 5.41) is 16.2. The predicted octanol–water partition coefficient (Wildman–Crippen LogP) is 2.46. The van der Waals surface area contributed by atoms with Crippen molar-refractivity contribution in [2.75, 3.05) is 37.7 Å². The van der Waals surface area contributed by atoms with Crippen LogP contribution in [0.2, 0.25) is 0 Å². The van der Waals surface area contributed by atoms with Crippen molar-refractivity contribution in [2.24, 2.45) is 0 Å². The van der Waals surface area contributed by atoms with E-state index in [0.29, 0.717) is 13.1 Å². The summed E-state index contributed by atoms with van der Waals surface area (Å²) in [5.41, 5.74) is 5.62. The van der Waals surface area contributed by atoms with E-state index in [-0.39, 0.29) is 5.82 Å². The van der Waals surface area contributed by atoms with E-state index >= 15 is 0 Å². The minimum atomic E-state index is -0.449. The Bertz CT molecular complexity index is 1240. The number of aliphatic hydroxyl groups is 1. The Morgan fingerprint density at radius 3 is 2.81 bits per heavy atom. The molecule has 1 atom stereocenters. The normalized spacial score (nSPS) is 16.6. The lowest BCUT2D eigenvalue weighted by Crippen LogP contribution is -2.41. The first-order valence-corrected chi connectivity index (χ1v) is 12.1. The van der Waals surface area contributed by atoms with Gasteiger partial charge in [-0.1, -0.05) is 13.2 Å². The molecule has 32 heavy (non-hydrogen) atoms. The Labute approximate surface area is 192 Å². The van der Waals surface area contributed by atoms with Crippen molar-refractivity contribution in [1.82, 2.24) is 20.2 Å². The first-order valence-electron chi connectivity index (χ1n) is 10.9. The van der Waals surface area contributed by atoms with Gasteiger partial charge in [0.1, 0.15) is 5.82 Å². The van der Waals surface area contributed by atoms with E-state index in [4.69, 9.17) is 0 Å². The monoisotopic (exact) mass is 454 g/mol. The summed E-state index contributed by atoms with van der Waals surface area (Å²) in [7, 11) is 0. The number of aryl methyl sites for hydroxylation is 1. The van der Waals surface area contributed by atoms with Gasteiger partial charge < -0.3 is 20.4 Å². The number of rotatable bonds is 7. The van der Waals surface area contributed by atoms with Gasteiger partial charge in [0.2, 0.25) is 0 Å². The Hall–Kier alpha value is -2.48. The maximum Gasteiger partial charge on any atom is 0.123 e. The van der Waals surface area contributed by atoms with E-state index < -0.39 is 6.10 Å². The molecule has 2 aromatic heterocycles. The zero-order valence-electron chi connectivity index (χ0n) is 18.7. The lowest BCUT2D eigenvalue weighted by Gasteiger charge is -2.28. The van der Waals surface area contributed by atoms with E-state index in [0.717, 1.165) is 74.3 Å². The van der Waals surface area contributed by atoms with E-state index in [1.54, 1.807) is 6.07 Å². The number of fused-ring (bicyclic) bond motifs is 1. The number of halogens is 1. The van der Waals surface area contributed by atoms with Gasteiger partial charge in [0.25, 0.3) is 0 Å². The zero-order chi connectivity index (χ0) is 22.8. The fourth-order valence-corrected chi connectivity index (χ4v) is 5.38. The summed E-state index contributed by atoms with van der Waals surface area (Å²) in [6, 6.07) is 4.70. The standard InChI is InChI=1S/C25H31FN4OS/c1-15-24(12-21-16(2)28-23-6-5-19(26)11-22(21)23)29-18(4)25(15)17(3)27-13-20(31)14-30-7-9-32-10-8-30/h5-6,11-12,20,27-29,31H,2-3,7-10,13-14H2,1,4H3/b21-12+. The third kappa shape index (κ3) is 4.80. The van der Waals surface area contributed by atoms with Crippen LogP contribution in [0.3, 0.4) is 0 Å². The van der Waals surface area contributed by atoms with E-state index in [2.05, 4.69) is 33.3 Å². The number of nitrogens with one attached hydrogen (secondary N) is 3. The third-order valence-corrected chi connectivity index (χ3v) is 7.02. The number of hydrogen-bond donors (Lipinski definition) is 4. The summed E-state index contributed by atoms with van der Waals surface area (Å²) < 4.78 is 13.8. The van der Waals surface area contributed by atoms with Gasteiger partial charge in [-0.15, -0.1) is 0 Å².